The van der Waals surface area contributed by atoms with E-state index in [2.05, 4.69) is 9.97 Å². The molecule has 0 atom stereocenters. The van der Waals surface area contributed by atoms with E-state index in [1.165, 1.54) is 16.4 Å². The van der Waals surface area contributed by atoms with Crippen LogP contribution in [0.4, 0.5) is 5.69 Å². The summed E-state index contributed by atoms with van der Waals surface area (Å²) in [4.78, 5) is 34.5. The molecule has 0 aliphatic carbocycles. The minimum absolute atomic E-state index is 0.0346. The molecule has 1 saturated heterocycles. The summed E-state index contributed by atoms with van der Waals surface area (Å²) in [6.45, 7) is 0.520. The lowest BCUT2D eigenvalue weighted by atomic mass is 10.0. The van der Waals surface area contributed by atoms with Gasteiger partial charge in [-0.3, -0.25) is 19.9 Å². The van der Waals surface area contributed by atoms with Gasteiger partial charge in [-0.1, -0.05) is 17.7 Å². The minimum Gasteiger partial charge on any atom is -0.336 e. The van der Waals surface area contributed by atoms with Crippen LogP contribution in [0.25, 0.3) is 22.3 Å². The zero-order chi connectivity index (χ0) is 26.2. The molecule has 37 heavy (non-hydrogen) atoms. The number of aromatic nitrogens is 2. The monoisotopic (exact) mass is 537 g/mol. The van der Waals surface area contributed by atoms with E-state index in [9.17, 15) is 23.3 Å². The number of nitrogens with zero attached hydrogens (tertiary/aromatic N) is 5. The molecular weight excluding hydrogens is 518 g/mol. The zero-order valence-corrected chi connectivity index (χ0v) is 20.9. The lowest BCUT2D eigenvalue weighted by Crippen LogP contribution is -2.50. The summed E-state index contributed by atoms with van der Waals surface area (Å²) in [5.74, 6) is -0.265. The van der Waals surface area contributed by atoms with E-state index in [1.807, 2.05) is 6.07 Å². The first-order valence-corrected chi connectivity index (χ1v) is 13.1. The Balaban J connectivity index is 1.40. The van der Waals surface area contributed by atoms with Gasteiger partial charge >= 0.3 is 0 Å². The van der Waals surface area contributed by atoms with Gasteiger partial charge in [0.1, 0.15) is 0 Å². The smallest absolute Gasteiger partial charge is 0.269 e. The highest BCUT2D eigenvalue weighted by Crippen LogP contribution is 2.28. The predicted molar refractivity (Wildman–Crippen MR) is 138 cm³/mol. The molecule has 0 spiro atoms. The molecule has 2 aromatic carbocycles. The van der Waals surface area contributed by atoms with Crippen LogP contribution in [0.5, 0.6) is 0 Å². The predicted octanol–water partition coefficient (Wildman–Crippen LogP) is 4.01. The first-order chi connectivity index (χ1) is 17.7. The minimum atomic E-state index is -3.86. The van der Waals surface area contributed by atoms with Crippen molar-refractivity contribution >= 4 is 44.1 Å². The summed E-state index contributed by atoms with van der Waals surface area (Å²) in [5.41, 5.74) is 1.96. The van der Waals surface area contributed by atoms with Crippen molar-refractivity contribution in [3.05, 3.63) is 93.6 Å². The van der Waals surface area contributed by atoms with E-state index in [4.69, 9.17) is 11.6 Å². The molecule has 0 N–H and O–H groups in total. The second-order valence-corrected chi connectivity index (χ2v) is 10.8. The number of carbonyl (C=O) groups excluding carboxylic acids is 1. The molecule has 12 heteroatoms. The maximum Gasteiger partial charge on any atom is 0.269 e. The molecule has 0 bridgehead atoms. The fourth-order valence-electron chi connectivity index (χ4n) is 4.21. The number of benzene rings is 2. The number of nitro groups is 1. The molecule has 0 unspecified atom stereocenters. The van der Waals surface area contributed by atoms with Gasteiger partial charge in [0.05, 0.1) is 32.3 Å². The Hall–Kier alpha value is -3.93. The average molecular weight is 538 g/mol. The van der Waals surface area contributed by atoms with Crippen molar-refractivity contribution in [1.29, 1.82) is 0 Å². The van der Waals surface area contributed by atoms with Crippen LogP contribution >= 0.6 is 11.6 Å². The molecule has 1 amide bonds. The maximum absolute atomic E-state index is 13.6. The van der Waals surface area contributed by atoms with Crippen LogP contribution in [0.2, 0.25) is 5.02 Å². The quantitative estimate of drug-likeness (QED) is 0.278. The Morgan fingerprint density at radius 2 is 1.68 bits per heavy atom. The molecule has 0 saturated carbocycles. The number of hydrogen-bond donors (Lipinski definition) is 0. The third-order valence-corrected chi connectivity index (χ3v) is 8.29. The van der Waals surface area contributed by atoms with Crippen LogP contribution in [0.3, 0.4) is 0 Å². The van der Waals surface area contributed by atoms with Crippen LogP contribution in [0.1, 0.15) is 10.4 Å². The van der Waals surface area contributed by atoms with Crippen LogP contribution in [-0.4, -0.2) is 64.6 Å². The molecule has 5 rings (SSSR count). The zero-order valence-electron chi connectivity index (χ0n) is 19.3. The summed E-state index contributed by atoms with van der Waals surface area (Å²) in [6.07, 6.45) is 1.65. The third-order valence-electron chi connectivity index (χ3n) is 6.14. The summed E-state index contributed by atoms with van der Waals surface area (Å²) < 4.78 is 27.4. The maximum atomic E-state index is 13.6. The van der Waals surface area contributed by atoms with E-state index in [0.29, 0.717) is 32.9 Å². The van der Waals surface area contributed by atoms with Crippen LogP contribution < -0.4 is 0 Å². The first kappa shape index (κ1) is 24.8. The second kappa shape index (κ2) is 9.85. The Bertz CT molecular complexity index is 1610. The Morgan fingerprint density at radius 3 is 2.32 bits per heavy atom. The van der Waals surface area contributed by atoms with E-state index in [-0.39, 0.29) is 42.7 Å². The number of piperazine rings is 1. The van der Waals surface area contributed by atoms with Crippen molar-refractivity contribution in [1.82, 2.24) is 19.2 Å². The summed E-state index contributed by atoms with van der Waals surface area (Å²) >= 11 is 6.22. The van der Waals surface area contributed by atoms with Crippen LogP contribution in [0.15, 0.2) is 77.8 Å². The van der Waals surface area contributed by atoms with Crippen molar-refractivity contribution < 1.29 is 18.1 Å². The van der Waals surface area contributed by atoms with E-state index in [1.54, 1.807) is 47.5 Å². The number of hydrogen-bond acceptors (Lipinski definition) is 7. The van der Waals surface area contributed by atoms with Gasteiger partial charge in [-0.15, -0.1) is 0 Å². The van der Waals surface area contributed by atoms with Gasteiger partial charge in [0, 0.05) is 54.9 Å². The number of amides is 1. The lowest BCUT2D eigenvalue weighted by Gasteiger charge is -2.34. The van der Waals surface area contributed by atoms with Gasteiger partial charge in [0.2, 0.25) is 10.0 Å². The largest absolute Gasteiger partial charge is 0.336 e. The fourth-order valence-corrected chi connectivity index (χ4v) is 5.81. The van der Waals surface area contributed by atoms with E-state index >= 15 is 0 Å². The van der Waals surface area contributed by atoms with Crippen molar-refractivity contribution in [3.8, 4) is 11.4 Å². The number of non-ortho nitro benzene ring substituents is 1. The number of fused-ring (bicyclic) bond motifs is 1. The molecule has 188 valence electrons. The van der Waals surface area contributed by atoms with Crippen molar-refractivity contribution in [2.24, 2.45) is 0 Å². The van der Waals surface area contributed by atoms with E-state index in [0.717, 1.165) is 12.1 Å². The summed E-state index contributed by atoms with van der Waals surface area (Å²) in [7, 11) is -3.86. The lowest BCUT2D eigenvalue weighted by molar-refractivity contribution is -0.384. The van der Waals surface area contributed by atoms with Gasteiger partial charge in [-0.25, -0.2) is 13.4 Å². The van der Waals surface area contributed by atoms with Gasteiger partial charge in [-0.05, 0) is 48.5 Å². The van der Waals surface area contributed by atoms with Crippen LogP contribution in [0, 0.1) is 10.1 Å². The topological polar surface area (TPSA) is 127 Å². The molecular formula is C25H20ClN5O5S. The molecule has 2 aromatic heterocycles. The highest BCUT2D eigenvalue weighted by atomic mass is 35.5. The normalized spacial score (nSPS) is 14.6. The third kappa shape index (κ3) is 4.88. The van der Waals surface area contributed by atoms with Gasteiger partial charge in [0.25, 0.3) is 11.6 Å². The average Bonchev–Trinajstić information content (AvgIpc) is 2.92. The number of halogens is 1. The highest BCUT2D eigenvalue weighted by molar-refractivity contribution is 7.89. The molecule has 4 aromatic rings. The number of rotatable bonds is 5. The van der Waals surface area contributed by atoms with E-state index < -0.39 is 14.9 Å². The van der Waals surface area contributed by atoms with Crippen LogP contribution in [-0.2, 0) is 10.0 Å². The molecule has 1 fully saturated rings. The second-order valence-electron chi connectivity index (χ2n) is 8.38. The number of sulfonamides is 1. The molecule has 3 heterocycles. The van der Waals surface area contributed by atoms with Gasteiger partial charge in [0.15, 0.2) is 0 Å². The molecule has 10 nitrogen and oxygen atoms in total. The number of nitro benzene ring substituents is 1. The first-order valence-electron chi connectivity index (χ1n) is 11.3. The Morgan fingerprint density at radius 1 is 0.946 bits per heavy atom. The Kier molecular flexibility index (Phi) is 6.59. The van der Waals surface area contributed by atoms with Gasteiger partial charge < -0.3 is 4.90 Å². The fraction of sp³-hybridized carbons (Fsp3) is 0.160. The number of carbonyl (C=O) groups is 1. The van der Waals surface area contributed by atoms with Gasteiger partial charge in [-0.2, -0.15) is 4.31 Å². The number of pyridine rings is 2. The molecule has 1 aliphatic rings. The SMILES string of the molecule is O=C(c1cc(-c2ccccn2)nc2ccc(Cl)cc12)N1CCN(S(=O)(=O)c2ccc([N+](=O)[O-])cc2)CC1. The standard InChI is InChI=1S/C25H20ClN5O5S/c26-17-4-9-22-20(15-17)21(16-24(28-22)23-3-1-2-10-27-23)25(32)29-11-13-30(14-12-29)37(35,36)19-7-5-18(6-8-19)31(33)34/h1-10,15-16H,11-14H2. The van der Waals surface area contributed by atoms with Crippen molar-refractivity contribution in [2.75, 3.05) is 26.2 Å². The van der Waals surface area contributed by atoms with Crippen molar-refractivity contribution in [3.63, 3.8) is 0 Å². The van der Waals surface area contributed by atoms with Crippen molar-refractivity contribution in [2.45, 2.75) is 4.90 Å². The highest BCUT2D eigenvalue weighted by Gasteiger charge is 2.31. The molecule has 0 radical (unpaired) electrons. The Labute approximate surface area is 217 Å². The summed E-state index contributed by atoms with van der Waals surface area (Å²) in [5, 5.41) is 11.9. The molecule has 1 aliphatic heterocycles. The summed E-state index contributed by atoms with van der Waals surface area (Å²) in [6, 6.07) is 17.0.